The Labute approximate surface area is 116 Å². The first-order valence-electron chi connectivity index (χ1n) is 5.48. The fourth-order valence-electron chi connectivity index (χ4n) is 1.43. The zero-order valence-electron chi connectivity index (χ0n) is 10.2. The first-order valence-corrected chi connectivity index (χ1v) is 6.23. The standard InChI is InChI=1S/C12H15Cl2NO3/c1-3-8(6-16)15-12(17)7-4-9(13)11(18-2)10(14)5-7/h4-5,8,16H,3,6H2,1-2H3,(H,15,17). The van der Waals surface area contributed by atoms with E-state index in [4.69, 9.17) is 33.0 Å². The molecule has 0 radical (unpaired) electrons. The largest absolute Gasteiger partial charge is 0.494 e. The van der Waals surface area contributed by atoms with Crippen molar-refractivity contribution in [2.45, 2.75) is 19.4 Å². The van der Waals surface area contributed by atoms with E-state index in [1.165, 1.54) is 19.2 Å². The SMILES string of the molecule is CCC(CO)NC(=O)c1cc(Cl)c(OC)c(Cl)c1. The molecule has 0 saturated carbocycles. The van der Waals surface area contributed by atoms with E-state index in [0.717, 1.165) is 0 Å². The monoisotopic (exact) mass is 291 g/mol. The number of hydrogen-bond donors (Lipinski definition) is 2. The average Bonchev–Trinajstić information content (AvgIpc) is 2.35. The van der Waals surface area contributed by atoms with Crippen molar-refractivity contribution in [1.82, 2.24) is 5.32 Å². The van der Waals surface area contributed by atoms with Crippen LogP contribution in [-0.4, -0.2) is 30.8 Å². The second kappa shape index (κ2) is 6.83. The van der Waals surface area contributed by atoms with Gasteiger partial charge in [0.2, 0.25) is 0 Å². The summed E-state index contributed by atoms with van der Waals surface area (Å²) in [5.74, 6) is 0.00596. The molecule has 2 N–H and O–H groups in total. The van der Waals surface area contributed by atoms with Crippen LogP contribution in [0, 0.1) is 0 Å². The third-order valence-electron chi connectivity index (χ3n) is 2.51. The first-order chi connectivity index (χ1) is 8.53. The van der Waals surface area contributed by atoms with Crippen LogP contribution in [0.5, 0.6) is 5.75 Å². The molecule has 6 heteroatoms. The summed E-state index contributed by atoms with van der Waals surface area (Å²) in [5, 5.41) is 12.2. The van der Waals surface area contributed by atoms with Crippen molar-refractivity contribution in [1.29, 1.82) is 0 Å². The van der Waals surface area contributed by atoms with E-state index in [2.05, 4.69) is 5.32 Å². The highest BCUT2D eigenvalue weighted by Gasteiger charge is 2.15. The highest BCUT2D eigenvalue weighted by atomic mass is 35.5. The van der Waals surface area contributed by atoms with Gasteiger partial charge in [0, 0.05) is 5.56 Å². The minimum absolute atomic E-state index is 0.111. The third kappa shape index (κ3) is 3.51. The van der Waals surface area contributed by atoms with Crippen molar-refractivity contribution in [2.24, 2.45) is 0 Å². The topological polar surface area (TPSA) is 58.6 Å². The quantitative estimate of drug-likeness (QED) is 0.876. The summed E-state index contributed by atoms with van der Waals surface area (Å²) >= 11 is 11.9. The van der Waals surface area contributed by atoms with Crippen LogP contribution in [0.2, 0.25) is 10.0 Å². The molecule has 0 bridgehead atoms. The van der Waals surface area contributed by atoms with Gasteiger partial charge in [-0.25, -0.2) is 0 Å². The predicted molar refractivity (Wildman–Crippen MR) is 71.6 cm³/mol. The molecule has 1 unspecified atom stereocenters. The second-order valence-corrected chi connectivity index (χ2v) is 4.55. The van der Waals surface area contributed by atoms with E-state index in [9.17, 15) is 4.79 Å². The Bertz CT molecular complexity index is 410. The summed E-state index contributed by atoms with van der Waals surface area (Å²) in [4.78, 5) is 11.9. The molecule has 1 rings (SSSR count). The zero-order chi connectivity index (χ0) is 13.7. The van der Waals surface area contributed by atoms with Gasteiger partial charge in [-0.3, -0.25) is 4.79 Å². The summed E-state index contributed by atoms with van der Waals surface area (Å²) in [6, 6.07) is 2.68. The number of aliphatic hydroxyl groups excluding tert-OH is 1. The van der Waals surface area contributed by atoms with Gasteiger partial charge >= 0.3 is 0 Å². The van der Waals surface area contributed by atoms with Crippen LogP contribution in [0.1, 0.15) is 23.7 Å². The van der Waals surface area contributed by atoms with Crippen molar-refractivity contribution in [2.75, 3.05) is 13.7 Å². The zero-order valence-corrected chi connectivity index (χ0v) is 11.7. The van der Waals surface area contributed by atoms with Crippen LogP contribution < -0.4 is 10.1 Å². The molecule has 0 aliphatic carbocycles. The van der Waals surface area contributed by atoms with Crippen molar-refractivity contribution in [3.05, 3.63) is 27.7 Å². The Hall–Kier alpha value is -0.970. The molecule has 1 atom stereocenters. The van der Waals surface area contributed by atoms with E-state index in [1.54, 1.807) is 0 Å². The Morgan fingerprint density at radius 2 is 2.00 bits per heavy atom. The number of aliphatic hydroxyl groups is 1. The lowest BCUT2D eigenvalue weighted by atomic mass is 10.1. The van der Waals surface area contributed by atoms with Gasteiger partial charge in [-0.05, 0) is 18.6 Å². The average molecular weight is 292 g/mol. The molecule has 1 aromatic carbocycles. The molecule has 100 valence electrons. The lowest BCUT2D eigenvalue weighted by molar-refractivity contribution is 0.0915. The number of nitrogens with one attached hydrogen (secondary N) is 1. The van der Waals surface area contributed by atoms with Crippen LogP contribution in [-0.2, 0) is 0 Å². The van der Waals surface area contributed by atoms with Crippen molar-refractivity contribution < 1.29 is 14.6 Å². The van der Waals surface area contributed by atoms with E-state index in [1.807, 2.05) is 6.92 Å². The molecule has 0 aromatic heterocycles. The number of amides is 1. The molecule has 4 nitrogen and oxygen atoms in total. The number of ether oxygens (including phenoxy) is 1. The maximum atomic E-state index is 11.9. The van der Waals surface area contributed by atoms with Gasteiger partial charge in [0.25, 0.3) is 5.91 Å². The Morgan fingerprint density at radius 3 is 2.39 bits per heavy atom. The smallest absolute Gasteiger partial charge is 0.251 e. The second-order valence-electron chi connectivity index (χ2n) is 3.73. The predicted octanol–water partition coefficient (Wildman–Crippen LogP) is 2.50. The number of hydrogen-bond acceptors (Lipinski definition) is 3. The third-order valence-corrected chi connectivity index (χ3v) is 3.07. The van der Waals surface area contributed by atoms with E-state index in [0.29, 0.717) is 17.7 Å². The van der Waals surface area contributed by atoms with E-state index >= 15 is 0 Å². The van der Waals surface area contributed by atoms with E-state index in [-0.39, 0.29) is 28.6 Å². The molecule has 0 aliphatic rings. The van der Waals surface area contributed by atoms with Gasteiger partial charge in [0.15, 0.2) is 5.75 Å². The minimum Gasteiger partial charge on any atom is -0.494 e. The molecule has 18 heavy (non-hydrogen) atoms. The summed E-state index contributed by atoms with van der Waals surface area (Å²) < 4.78 is 5.00. The lowest BCUT2D eigenvalue weighted by Gasteiger charge is -2.15. The lowest BCUT2D eigenvalue weighted by Crippen LogP contribution is -2.36. The Kier molecular flexibility index (Phi) is 5.72. The number of carbonyl (C=O) groups is 1. The highest BCUT2D eigenvalue weighted by molar-refractivity contribution is 6.37. The van der Waals surface area contributed by atoms with Gasteiger partial charge < -0.3 is 15.2 Å². The van der Waals surface area contributed by atoms with Crippen molar-refractivity contribution in [3.8, 4) is 5.75 Å². The number of halogens is 2. The molecule has 0 aliphatic heterocycles. The van der Waals surface area contributed by atoms with Crippen LogP contribution in [0.3, 0.4) is 0 Å². The summed E-state index contributed by atoms with van der Waals surface area (Å²) in [5.41, 5.74) is 0.331. The van der Waals surface area contributed by atoms with Gasteiger partial charge in [0.05, 0.1) is 29.8 Å². The molecule has 1 amide bonds. The highest BCUT2D eigenvalue weighted by Crippen LogP contribution is 2.33. The molecule has 0 fully saturated rings. The molecular weight excluding hydrogens is 277 g/mol. The first kappa shape index (κ1) is 15.1. The Morgan fingerprint density at radius 1 is 1.44 bits per heavy atom. The van der Waals surface area contributed by atoms with Crippen LogP contribution >= 0.6 is 23.2 Å². The van der Waals surface area contributed by atoms with Crippen LogP contribution in [0.15, 0.2) is 12.1 Å². The van der Waals surface area contributed by atoms with Gasteiger partial charge in [-0.1, -0.05) is 30.1 Å². The van der Waals surface area contributed by atoms with Gasteiger partial charge in [-0.2, -0.15) is 0 Å². The van der Waals surface area contributed by atoms with Crippen LogP contribution in [0.4, 0.5) is 0 Å². The van der Waals surface area contributed by atoms with Crippen molar-refractivity contribution in [3.63, 3.8) is 0 Å². The maximum Gasteiger partial charge on any atom is 0.251 e. The number of rotatable bonds is 5. The maximum absolute atomic E-state index is 11.9. The number of carbonyl (C=O) groups excluding carboxylic acids is 1. The summed E-state index contributed by atoms with van der Waals surface area (Å²) in [6.07, 6.45) is 0.639. The summed E-state index contributed by atoms with van der Waals surface area (Å²) in [6.45, 7) is 1.76. The normalized spacial score (nSPS) is 12.1. The van der Waals surface area contributed by atoms with Gasteiger partial charge in [0.1, 0.15) is 0 Å². The summed E-state index contributed by atoms with van der Waals surface area (Å²) in [7, 11) is 1.45. The molecular formula is C12H15Cl2NO3. The number of methoxy groups -OCH3 is 1. The molecule has 0 saturated heterocycles. The Balaban J connectivity index is 2.93. The molecule has 0 spiro atoms. The van der Waals surface area contributed by atoms with Crippen molar-refractivity contribution >= 4 is 29.1 Å². The fraction of sp³-hybridized carbons (Fsp3) is 0.417. The van der Waals surface area contributed by atoms with E-state index < -0.39 is 0 Å². The molecule has 0 heterocycles. The van der Waals surface area contributed by atoms with Gasteiger partial charge in [-0.15, -0.1) is 0 Å². The van der Waals surface area contributed by atoms with Crippen LogP contribution in [0.25, 0.3) is 0 Å². The molecule has 1 aromatic rings. The fourth-order valence-corrected chi connectivity index (χ4v) is 2.07. The number of benzene rings is 1. The minimum atomic E-state index is -0.331.